The lowest BCUT2D eigenvalue weighted by molar-refractivity contribution is -0.670. The van der Waals surface area contributed by atoms with Crippen LogP contribution in [0.4, 0.5) is 0 Å². The first-order chi connectivity index (χ1) is 8.09. The molecule has 0 saturated carbocycles. The first-order valence-corrected chi connectivity index (χ1v) is 5.44. The maximum Gasteiger partial charge on any atom is 0.250 e. The number of carbonyl (C=O) groups is 1. The fourth-order valence-electron chi connectivity index (χ4n) is 1.34. The molecule has 7 heteroatoms. The molecule has 0 N–H and O–H groups in total. The number of hydrogen-bond donors (Lipinski definition) is 0. The van der Waals surface area contributed by atoms with Crippen LogP contribution in [0.5, 0.6) is 5.95 Å². The molecular weight excluding hydrogens is 267 g/mol. The van der Waals surface area contributed by atoms with E-state index < -0.39 is 16.6 Å². The van der Waals surface area contributed by atoms with Crippen molar-refractivity contribution in [2.75, 3.05) is 0 Å². The van der Waals surface area contributed by atoms with Gasteiger partial charge in [0.15, 0.2) is 4.84 Å². The number of alkyl halides is 2. The molecule has 5 nitrogen and oxygen atoms in total. The number of nitrogens with zero attached hydrogens (tertiary/aromatic N) is 2. The van der Waals surface area contributed by atoms with Crippen molar-refractivity contribution >= 4 is 29.0 Å². The Labute approximate surface area is 106 Å². The van der Waals surface area contributed by atoms with E-state index in [4.69, 9.17) is 23.2 Å². The summed E-state index contributed by atoms with van der Waals surface area (Å²) in [6.07, 6.45) is 1.11. The standard InChI is InChI=1S/C10H6Cl2N2O3/c11-10(12)9(16)6-3-1-2-4-7(6)14-5-8(15)17-13-14/h1-5,10H. The molecule has 2 aromatic rings. The SMILES string of the molecule is O=C(c1ccccc1-[n+]1cc([O-])on1)C(Cl)Cl. The molecule has 0 radical (unpaired) electrons. The molecule has 1 aromatic heterocycles. The number of para-hydroxylation sites is 1. The van der Waals surface area contributed by atoms with Crippen LogP contribution in [-0.2, 0) is 0 Å². The second-order valence-corrected chi connectivity index (χ2v) is 4.24. The van der Waals surface area contributed by atoms with Crippen LogP contribution >= 0.6 is 23.2 Å². The molecule has 0 unspecified atom stereocenters. The van der Waals surface area contributed by atoms with Crippen LogP contribution in [0.1, 0.15) is 10.4 Å². The number of benzene rings is 1. The molecule has 1 heterocycles. The van der Waals surface area contributed by atoms with E-state index in [1.54, 1.807) is 24.3 Å². The van der Waals surface area contributed by atoms with Crippen LogP contribution in [0.3, 0.4) is 0 Å². The molecule has 17 heavy (non-hydrogen) atoms. The monoisotopic (exact) mass is 272 g/mol. The van der Waals surface area contributed by atoms with E-state index in [-0.39, 0.29) is 5.56 Å². The third kappa shape index (κ3) is 2.40. The van der Waals surface area contributed by atoms with Crippen molar-refractivity contribution in [3.63, 3.8) is 0 Å². The molecule has 0 aliphatic rings. The molecule has 0 amide bonds. The Hall–Kier alpha value is -1.59. The zero-order valence-corrected chi connectivity index (χ0v) is 9.85. The van der Waals surface area contributed by atoms with Gasteiger partial charge in [0.25, 0.3) is 0 Å². The Morgan fingerprint density at radius 2 is 2.12 bits per heavy atom. The summed E-state index contributed by atoms with van der Waals surface area (Å²) in [6, 6.07) is 6.49. The van der Waals surface area contributed by atoms with E-state index >= 15 is 0 Å². The summed E-state index contributed by atoms with van der Waals surface area (Å²) >= 11 is 11.1. The normalized spacial score (nSPS) is 10.8. The molecule has 88 valence electrons. The first-order valence-electron chi connectivity index (χ1n) is 4.57. The van der Waals surface area contributed by atoms with Crippen molar-refractivity contribution in [2.24, 2.45) is 0 Å². The minimum atomic E-state index is -1.17. The maximum atomic E-state index is 11.7. The number of aromatic nitrogens is 2. The Bertz CT molecular complexity index is 554. The van der Waals surface area contributed by atoms with Crippen molar-refractivity contribution in [3.8, 4) is 11.6 Å². The summed E-state index contributed by atoms with van der Waals surface area (Å²) < 4.78 is 5.55. The Balaban J connectivity index is 2.51. The minimum absolute atomic E-state index is 0.265. The van der Waals surface area contributed by atoms with Crippen LogP contribution in [0, 0.1) is 0 Å². The first kappa shape index (κ1) is 11.9. The van der Waals surface area contributed by atoms with Gasteiger partial charge in [-0.1, -0.05) is 35.3 Å². The lowest BCUT2D eigenvalue weighted by Crippen LogP contribution is -2.34. The highest BCUT2D eigenvalue weighted by Gasteiger charge is 2.24. The summed E-state index contributed by atoms with van der Waals surface area (Å²) in [5.41, 5.74) is 0.649. The fourth-order valence-corrected chi connectivity index (χ4v) is 1.58. The van der Waals surface area contributed by atoms with Gasteiger partial charge in [0.1, 0.15) is 5.95 Å². The largest absolute Gasteiger partial charge is 0.539 e. The van der Waals surface area contributed by atoms with Crippen molar-refractivity contribution in [1.29, 1.82) is 0 Å². The lowest BCUT2D eigenvalue weighted by Gasteiger charge is -2.01. The van der Waals surface area contributed by atoms with Gasteiger partial charge in [-0.3, -0.25) is 4.79 Å². The predicted octanol–water partition coefficient (Wildman–Crippen LogP) is 1.01. The molecule has 0 fully saturated rings. The van der Waals surface area contributed by atoms with Crippen LogP contribution in [0.2, 0.25) is 0 Å². The van der Waals surface area contributed by atoms with Gasteiger partial charge in [0.05, 0.1) is 10.8 Å². The zero-order valence-electron chi connectivity index (χ0n) is 8.34. The maximum absolute atomic E-state index is 11.7. The summed E-state index contributed by atoms with van der Waals surface area (Å²) in [5, 5.41) is 14.4. The van der Waals surface area contributed by atoms with Crippen LogP contribution in [0.15, 0.2) is 35.0 Å². The highest BCUT2D eigenvalue weighted by Crippen LogP contribution is 2.16. The van der Waals surface area contributed by atoms with Crippen molar-refractivity contribution in [2.45, 2.75) is 4.84 Å². The topological polar surface area (TPSA) is 70.0 Å². The Kier molecular flexibility index (Phi) is 3.31. The molecule has 0 aliphatic carbocycles. The van der Waals surface area contributed by atoms with Crippen molar-refractivity contribution in [3.05, 3.63) is 36.0 Å². The van der Waals surface area contributed by atoms with Gasteiger partial charge in [0.2, 0.25) is 17.7 Å². The minimum Gasteiger partial charge on any atom is -0.539 e. The average Bonchev–Trinajstić information content (AvgIpc) is 2.74. The number of carbonyl (C=O) groups excluding carboxylic acids is 1. The number of hydrogen-bond acceptors (Lipinski definition) is 4. The van der Waals surface area contributed by atoms with Gasteiger partial charge in [-0.2, -0.15) is 0 Å². The van der Waals surface area contributed by atoms with Gasteiger partial charge in [0, 0.05) is 6.07 Å². The second-order valence-electron chi connectivity index (χ2n) is 3.15. The molecule has 0 atom stereocenters. The molecule has 2 rings (SSSR count). The van der Waals surface area contributed by atoms with Crippen molar-refractivity contribution in [1.82, 2.24) is 5.27 Å². The zero-order chi connectivity index (χ0) is 12.4. The number of halogens is 2. The predicted molar refractivity (Wildman–Crippen MR) is 57.3 cm³/mol. The summed E-state index contributed by atoms with van der Waals surface area (Å²) in [4.78, 5) is 10.6. The van der Waals surface area contributed by atoms with E-state index in [0.29, 0.717) is 5.69 Å². The highest BCUT2D eigenvalue weighted by molar-refractivity contribution is 6.55. The molecule has 1 aromatic carbocycles. The Morgan fingerprint density at radius 3 is 2.71 bits per heavy atom. The number of rotatable bonds is 3. The van der Waals surface area contributed by atoms with Gasteiger partial charge < -0.3 is 9.63 Å². The van der Waals surface area contributed by atoms with Crippen LogP contribution in [0.25, 0.3) is 5.69 Å². The van der Waals surface area contributed by atoms with Gasteiger partial charge in [-0.25, -0.2) is 0 Å². The molecule has 0 bridgehead atoms. The van der Waals surface area contributed by atoms with Crippen molar-refractivity contribution < 1.29 is 19.1 Å². The summed E-state index contributed by atoms with van der Waals surface area (Å²) in [6.45, 7) is 0. The van der Waals surface area contributed by atoms with Crippen LogP contribution in [-0.4, -0.2) is 15.9 Å². The molecular formula is C10H6Cl2N2O3. The number of ketones is 1. The summed E-state index contributed by atoms with van der Waals surface area (Å²) in [5.74, 6) is -1.08. The third-order valence-electron chi connectivity index (χ3n) is 2.06. The average molecular weight is 273 g/mol. The smallest absolute Gasteiger partial charge is 0.250 e. The fraction of sp³-hybridized carbons (Fsp3) is 0.100. The Morgan fingerprint density at radius 1 is 1.41 bits per heavy atom. The molecule has 0 aliphatic heterocycles. The van der Waals surface area contributed by atoms with Gasteiger partial charge >= 0.3 is 0 Å². The summed E-state index contributed by atoms with van der Waals surface area (Å²) in [7, 11) is 0. The van der Waals surface area contributed by atoms with E-state index in [9.17, 15) is 9.90 Å². The van der Waals surface area contributed by atoms with Gasteiger partial charge in [-0.05, 0) is 10.7 Å². The van der Waals surface area contributed by atoms with E-state index in [0.717, 1.165) is 10.9 Å². The lowest BCUT2D eigenvalue weighted by atomic mass is 10.1. The van der Waals surface area contributed by atoms with E-state index in [1.807, 2.05) is 0 Å². The third-order valence-corrected chi connectivity index (χ3v) is 2.46. The van der Waals surface area contributed by atoms with Crippen LogP contribution < -0.4 is 9.79 Å². The quantitative estimate of drug-likeness (QED) is 0.475. The number of Topliss-reactive ketones (excluding diaryl/α,β-unsaturated/α-hetero) is 1. The van der Waals surface area contributed by atoms with E-state index in [1.165, 1.54) is 0 Å². The van der Waals surface area contributed by atoms with E-state index in [2.05, 4.69) is 9.79 Å². The highest BCUT2D eigenvalue weighted by atomic mass is 35.5. The van der Waals surface area contributed by atoms with Gasteiger partial charge in [-0.15, -0.1) is 0 Å². The molecule has 0 spiro atoms. The second kappa shape index (κ2) is 4.73. The molecule has 0 saturated heterocycles.